The predicted octanol–water partition coefficient (Wildman–Crippen LogP) is 5.14. The Morgan fingerprint density at radius 3 is 2.69 bits per heavy atom. The van der Waals surface area contributed by atoms with Gasteiger partial charge in [-0.05, 0) is 54.3 Å². The number of ether oxygens (including phenoxy) is 1. The van der Waals surface area contributed by atoms with E-state index in [9.17, 15) is 9.59 Å². The maximum atomic E-state index is 12.9. The van der Waals surface area contributed by atoms with Gasteiger partial charge in [0, 0.05) is 31.0 Å². The van der Waals surface area contributed by atoms with Crippen LogP contribution >= 0.6 is 0 Å². The van der Waals surface area contributed by atoms with Crippen molar-refractivity contribution in [1.29, 1.82) is 0 Å². The average Bonchev–Trinajstić information content (AvgIpc) is 3.26. The van der Waals surface area contributed by atoms with Crippen molar-refractivity contribution in [3.05, 3.63) is 95.4 Å². The van der Waals surface area contributed by atoms with E-state index < -0.39 is 0 Å². The number of amides is 2. The summed E-state index contributed by atoms with van der Waals surface area (Å²) in [4.78, 5) is 29.6. The van der Waals surface area contributed by atoms with Crippen LogP contribution in [0.1, 0.15) is 47.4 Å². The molecule has 4 aromatic rings. The molecule has 0 spiro atoms. The number of imidazole rings is 1. The Hall–Kier alpha value is -4.13. The Morgan fingerprint density at radius 2 is 1.89 bits per heavy atom. The fourth-order valence-electron chi connectivity index (χ4n) is 3.83. The lowest BCUT2D eigenvalue weighted by molar-refractivity contribution is -0.116. The Morgan fingerprint density at radius 1 is 1.06 bits per heavy atom. The fraction of sp³-hybridized carbons (Fsp3) is 0.250. The first kappa shape index (κ1) is 24.0. The lowest BCUT2D eigenvalue weighted by Gasteiger charge is -2.12. The number of carbonyl (C=O) groups excluding carboxylic acids is 2. The van der Waals surface area contributed by atoms with Crippen LogP contribution in [0.2, 0.25) is 0 Å². The summed E-state index contributed by atoms with van der Waals surface area (Å²) in [5.74, 6) is 0.527. The number of rotatable bonds is 9. The molecule has 2 aromatic heterocycles. The third-order valence-corrected chi connectivity index (χ3v) is 5.49. The summed E-state index contributed by atoms with van der Waals surface area (Å²) in [7, 11) is 0. The number of pyridine rings is 1. The highest BCUT2D eigenvalue weighted by Gasteiger charge is 2.13. The minimum Gasteiger partial charge on any atom is -0.486 e. The van der Waals surface area contributed by atoms with Gasteiger partial charge in [-0.15, -0.1) is 0 Å². The second-order valence-electron chi connectivity index (χ2n) is 8.97. The second kappa shape index (κ2) is 10.9. The summed E-state index contributed by atoms with van der Waals surface area (Å²) >= 11 is 0. The topological polar surface area (TPSA) is 84.7 Å². The molecule has 0 unspecified atom stereocenters. The van der Waals surface area contributed by atoms with Gasteiger partial charge in [0.05, 0.1) is 11.3 Å². The quantitative estimate of drug-likeness (QED) is 0.355. The van der Waals surface area contributed by atoms with Crippen molar-refractivity contribution >= 4 is 23.1 Å². The molecule has 0 saturated heterocycles. The zero-order chi connectivity index (χ0) is 24.8. The number of carbonyl (C=O) groups is 2. The maximum Gasteiger partial charge on any atom is 0.255 e. The van der Waals surface area contributed by atoms with Crippen LogP contribution in [0.3, 0.4) is 0 Å². The summed E-state index contributed by atoms with van der Waals surface area (Å²) in [6.07, 6.45) is 4.34. The van der Waals surface area contributed by atoms with E-state index in [1.165, 1.54) is 0 Å². The van der Waals surface area contributed by atoms with E-state index in [0.717, 1.165) is 22.5 Å². The number of nitrogens with one attached hydrogen (secondary N) is 2. The molecule has 0 bridgehead atoms. The number of anilines is 1. The van der Waals surface area contributed by atoms with E-state index in [1.54, 1.807) is 18.2 Å². The molecular formula is C28H30N4O3. The molecular weight excluding hydrogens is 440 g/mol. The van der Waals surface area contributed by atoms with Gasteiger partial charge < -0.3 is 19.8 Å². The molecule has 2 aromatic carbocycles. The third kappa shape index (κ3) is 6.26. The van der Waals surface area contributed by atoms with Crippen molar-refractivity contribution in [2.24, 2.45) is 5.92 Å². The zero-order valence-electron chi connectivity index (χ0n) is 20.2. The minimum absolute atomic E-state index is 0.0203. The van der Waals surface area contributed by atoms with Crippen LogP contribution < -0.4 is 15.4 Å². The van der Waals surface area contributed by atoms with E-state index in [4.69, 9.17) is 4.74 Å². The van der Waals surface area contributed by atoms with Crippen molar-refractivity contribution in [1.82, 2.24) is 14.7 Å². The molecule has 0 aliphatic carbocycles. The Balaban J connectivity index is 1.38. The lowest BCUT2D eigenvalue weighted by atomic mass is 10.1. The molecule has 2 N–H and O–H groups in total. The van der Waals surface area contributed by atoms with Crippen LogP contribution in [0.25, 0.3) is 5.65 Å². The molecule has 2 amide bonds. The maximum absolute atomic E-state index is 12.9. The largest absolute Gasteiger partial charge is 0.486 e. The Bertz CT molecular complexity index is 1340. The van der Waals surface area contributed by atoms with Gasteiger partial charge in [-0.1, -0.05) is 44.2 Å². The second-order valence-corrected chi connectivity index (χ2v) is 8.97. The highest BCUT2D eigenvalue weighted by atomic mass is 16.5. The number of fused-ring (bicyclic) bond motifs is 1. The van der Waals surface area contributed by atoms with Crippen LogP contribution in [0.5, 0.6) is 5.75 Å². The predicted molar refractivity (Wildman–Crippen MR) is 136 cm³/mol. The van der Waals surface area contributed by atoms with Gasteiger partial charge in [-0.25, -0.2) is 4.98 Å². The highest BCUT2D eigenvalue weighted by Crippen LogP contribution is 2.20. The van der Waals surface area contributed by atoms with Crippen LogP contribution in [-0.2, 0) is 17.9 Å². The number of hydrogen-bond acceptors (Lipinski definition) is 4. The molecule has 0 saturated carbocycles. The molecule has 4 rings (SSSR count). The van der Waals surface area contributed by atoms with Gasteiger partial charge in [-0.3, -0.25) is 9.59 Å². The van der Waals surface area contributed by atoms with Crippen LogP contribution in [0.15, 0.2) is 73.1 Å². The molecule has 0 atom stereocenters. The van der Waals surface area contributed by atoms with E-state index in [-0.39, 0.29) is 24.3 Å². The molecule has 7 nitrogen and oxygen atoms in total. The SMILES string of the molecule is Cc1cccn2cc(COc3ccccc3C(=O)NCc3cccc(NC(=O)CC(C)C)c3)nc12. The van der Waals surface area contributed by atoms with Crippen molar-refractivity contribution in [2.75, 3.05) is 5.32 Å². The van der Waals surface area contributed by atoms with Gasteiger partial charge in [0.1, 0.15) is 18.0 Å². The average molecular weight is 471 g/mol. The summed E-state index contributed by atoms with van der Waals surface area (Å²) in [6.45, 7) is 6.61. The number of aryl methyl sites for hydroxylation is 1. The molecule has 2 heterocycles. The molecule has 0 aliphatic heterocycles. The lowest BCUT2D eigenvalue weighted by Crippen LogP contribution is -2.23. The zero-order valence-corrected chi connectivity index (χ0v) is 20.2. The summed E-state index contributed by atoms with van der Waals surface area (Å²) in [6, 6.07) is 18.6. The first-order valence-corrected chi connectivity index (χ1v) is 11.7. The van der Waals surface area contributed by atoms with Gasteiger partial charge in [-0.2, -0.15) is 0 Å². The number of hydrogen-bond donors (Lipinski definition) is 2. The number of aromatic nitrogens is 2. The number of benzene rings is 2. The van der Waals surface area contributed by atoms with E-state index in [2.05, 4.69) is 15.6 Å². The van der Waals surface area contributed by atoms with E-state index >= 15 is 0 Å². The van der Waals surface area contributed by atoms with Crippen molar-refractivity contribution < 1.29 is 14.3 Å². The third-order valence-electron chi connectivity index (χ3n) is 5.49. The van der Waals surface area contributed by atoms with Gasteiger partial charge in [0.2, 0.25) is 5.91 Å². The van der Waals surface area contributed by atoms with Crippen LogP contribution in [-0.4, -0.2) is 21.2 Å². The smallest absolute Gasteiger partial charge is 0.255 e. The van der Waals surface area contributed by atoms with Crippen molar-refractivity contribution in [3.8, 4) is 5.75 Å². The van der Waals surface area contributed by atoms with Gasteiger partial charge in [0.25, 0.3) is 5.91 Å². The molecule has 7 heteroatoms. The standard InChI is InChI=1S/C28H30N4O3/c1-19(2)14-26(33)30-22-10-6-9-21(15-22)16-29-28(34)24-11-4-5-12-25(24)35-18-23-17-32-13-7-8-20(3)27(32)31-23/h4-13,15,17,19H,14,16,18H2,1-3H3,(H,29,34)(H,30,33). The molecule has 35 heavy (non-hydrogen) atoms. The van der Waals surface area contributed by atoms with E-state index in [0.29, 0.717) is 30.0 Å². The van der Waals surface area contributed by atoms with Crippen molar-refractivity contribution in [3.63, 3.8) is 0 Å². The fourth-order valence-corrected chi connectivity index (χ4v) is 3.83. The van der Waals surface area contributed by atoms with Crippen LogP contribution in [0.4, 0.5) is 5.69 Å². The Kier molecular flexibility index (Phi) is 7.45. The minimum atomic E-state index is -0.235. The summed E-state index contributed by atoms with van der Waals surface area (Å²) in [5.41, 5.74) is 4.81. The molecule has 0 radical (unpaired) electrons. The van der Waals surface area contributed by atoms with Gasteiger partial charge >= 0.3 is 0 Å². The van der Waals surface area contributed by atoms with E-state index in [1.807, 2.05) is 80.0 Å². The molecule has 0 fully saturated rings. The first-order valence-electron chi connectivity index (χ1n) is 11.7. The molecule has 180 valence electrons. The highest BCUT2D eigenvalue weighted by molar-refractivity contribution is 5.97. The molecule has 0 aliphatic rings. The van der Waals surface area contributed by atoms with Crippen molar-refractivity contribution in [2.45, 2.75) is 40.3 Å². The normalized spacial score (nSPS) is 11.0. The number of nitrogens with zero attached hydrogens (tertiary/aromatic N) is 2. The Labute approximate surface area is 205 Å². The summed E-state index contributed by atoms with van der Waals surface area (Å²) in [5, 5.41) is 5.85. The monoisotopic (exact) mass is 470 g/mol. The van der Waals surface area contributed by atoms with Gasteiger partial charge in [0.15, 0.2) is 0 Å². The summed E-state index contributed by atoms with van der Waals surface area (Å²) < 4.78 is 7.94. The number of para-hydroxylation sites is 1. The van der Waals surface area contributed by atoms with Crippen LogP contribution in [0, 0.1) is 12.8 Å². The first-order chi connectivity index (χ1) is 16.9.